The topological polar surface area (TPSA) is 111 Å². The monoisotopic (exact) mass is 392 g/mol. The van der Waals surface area contributed by atoms with E-state index in [-0.39, 0.29) is 11.3 Å². The largest absolute Gasteiger partial charge is 0.453 e. The van der Waals surface area contributed by atoms with Gasteiger partial charge in [0.2, 0.25) is 0 Å². The predicted octanol–water partition coefficient (Wildman–Crippen LogP) is 4.23. The molecule has 0 aliphatic carbocycles. The summed E-state index contributed by atoms with van der Waals surface area (Å²) in [6.45, 7) is 0. The summed E-state index contributed by atoms with van der Waals surface area (Å²) >= 11 is 1.52. The first-order chi connectivity index (χ1) is 13.6. The molecule has 0 fully saturated rings. The molecule has 8 nitrogen and oxygen atoms in total. The fraction of sp³-hybridized carbons (Fsp3) is 0. The number of thiazole rings is 1. The number of rotatable bonds is 5. The zero-order valence-corrected chi connectivity index (χ0v) is 15.1. The highest BCUT2D eigenvalue weighted by atomic mass is 32.1. The third kappa shape index (κ3) is 3.64. The maximum Gasteiger partial charge on any atom is 0.271 e. The summed E-state index contributed by atoms with van der Waals surface area (Å²) < 4.78 is 6.76. The molecule has 0 unspecified atom stereocenters. The molecule has 9 heteroatoms. The number of amides is 1. The second-order valence-electron chi connectivity index (χ2n) is 5.70. The van der Waals surface area contributed by atoms with Gasteiger partial charge >= 0.3 is 0 Å². The average molecular weight is 392 g/mol. The van der Waals surface area contributed by atoms with Crippen LogP contribution in [0.2, 0.25) is 0 Å². The van der Waals surface area contributed by atoms with E-state index in [0.717, 1.165) is 15.2 Å². The van der Waals surface area contributed by atoms with E-state index in [4.69, 9.17) is 4.42 Å². The van der Waals surface area contributed by atoms with Gasteiger partial charge in [0.05, 0.1) is 21.4 Å². The number of hydrazone groups is 1. The van der Waals surface area contributed by atoms with E-state index in [9.17, 15) is 14.9 Å². The van der Waals surface area contributed by atoms with Crippen LogP contribution in [0.5, 0.6) is 0 Å². The highest BCUT2D eigenvalue weighted by molar-refractivity contribution is 7.21. The first-order valence-corrected chi connectivity index (χ1v) is 8.95. The van der Waals surface area contributed by atoms with Gasteiger partial charge in [-0.05, 0) is 30.3 Å². The zero-order chi connectivity index (χ0) is 19.5. The molecule has 28 heavy (non-hydrogen) atoms. The number of nitro benzene ring substituents is 1. The maximum atomic E-state index is 12.0. The Kier molecular flexibility index (Phi) is 4.65. The zero-order valence-electron chi connectivity index (χ0n) is 14.2. The molecular weight excluding hydrogens is 380 g/mol. The molecule has 0 radical (unpaired) electrons. The van der Waals surface area contributed by atoms with Gasteiger partial charge in [0.1, 0.15) is 5.76 Å². The third-order valence-corrected chi connectivity index (χ3v) is 4.86. The van der Waals surface area contributed by atoms with E-state index in [0.29, 0.717) is 11.5 Å². The lowest BCUT2D eigenvalue weighted by Gasteiger charge is -1.99. The number of nitrogens with zero attached hydrogens (tertiary/aromatic N) is 3. The van der Waals surface area contributed by atoms with Crippen LogP contribution in [-0.2, 0) is 0 Å². The van der Waals surface area contributed by atoms with Gasteiger partial charge in [-0.15, -0.1) is 11.3 Å². The molecule has 1 N–H and O–H groups in total. The number of hydrogen-bond acceptors (Lipinski definition) is 7. The summed E-state index contributed by atoms with van der Waals surface area (Å²) in [6.07, 6.45) is 1.35. The Morgan fingerprint density at radius 3 is 2.86 bits per heavy atom. The van der Waals surface area contributed by atoms with Crippen molar-refractivity contribution in [1.82, 2.24) is 10.4 Å². The Morgan fingerprint density at radius 2 is 2.04 bits per heavy atom. The first kappa shape index (κ1) is 17.6. The minimum atomic E-state index is -0.563. The maximum absolute atomic E-state index is 12.0. The lowest BCUT2D eigenvalue weighted by molar-refractivity contribution is -0.384. The Morgan fingerprint density at radius 1 is 1.18 bits per heavy atom. The fourth-order valence-electron chi connectivity index (χ4n) is 2.49. The van der Waals surface area contributed by atoms with Crippen molar-refractivity contribution >= 4 is 39.4 Å². The van der Waals surface area contributed by atoms with Crippen LogP contribution in [0.3, 0.4) is 0 Å². The summed E-state index contributed by atoms with van der Waals surface area (Å²) in [6, 6.07) is 16.7. The van der Waals surface area contributed by atoms with Crippen molar-refractivity contribution in [2.75, 3.05) is 0 Å². The molecule has 0 saturated heterocycles. The normalized spacial score (nSPS) is 11.1. The number of carbonyl (C=O) groups is 1. The number of hydrogen-bond donors (Lipinski definition) is 1. The number of nitrogens with one attached hydrogen (secondary N) is 1. The van der Waals surface area contributed by atoms with Crippen LogP contribution in [0.15, 0.2) is 70.2 Å². The van der Waals surface area contributed by atoms with E-state index in [1.807, 2.05) is 24.3 Å². The standard InChI is InChI=1S/C19H12N4O4S/c24-18(12-4-3-5-13(10-12)23(25)26)22-20-11-14-8-9-16(27-14)19-21-15-6-1-2-7-17(15)28-19/h1-11H,(H,22,24)/b20-11-. The highest BCUT2D eigenvalue weighted by Gasteiger charge is 2.12. The quantitative estimate of drug-likeness (QED) is 0.310. The van der Waals surface area contributed by atoms with Crippen molar-refractivity contribution in [3.8, 4) is 10.8 Å². The van der Waals surface area contributed by atoms with Crippen LogP contribution in [0, 0.1) is 10.1 Å². The number of para-hydroxylation sites is 1. The van der Waals surface area contributed by atoms with Gasteiger partial charge in [-0.1, -0.05) is 18.2 Å². The number of aromatic nitrogens is 1. The van der Waals surface area contributed by atoms with Crippen LogP contribution in [0.4, 0.5) is 5.69 Å². The molecular formula is C19H12N4O4S. The van der Waals surface area contributed by atoms with Crippen molar-refractivity contribution < 1.29 is 14.1 Å². The van der Waals surface area contributed by atoms with Crippen LogP contribution >= 0.6 is 11.3 Å². The molecule has 0 atom stereocenters. The molecule has 0 aliphatic rings. The molecule has 1 amide bonds. The molecule has 0 spiro atoms. The van der Waals surface area contributed by atoms with Crippen molar-refractivity contribution in [3.63, 3.8) is 0 Å². The summed E-state index contributed by atoms with van der Waals surface area (Å²) in [7, 11) is 0. The van der Waals surface area contributed by atoms with Gasteiger partial charge in [0, 0.05) is 17.7 Å². The van der Waals surface area contributed by atoms with Crippen molar-refractivity contribution in [3.05, 3.63) is 82.1 Å². The number of non-ortho nitro benzene ring substituents is 1. The molecule has 2 heterocycles. The van der Waals surface area contributed by atoms with Gasteiger partial charge in [-0.25, -0.2) is 10.4 Å². The van der Waals surface area contributed by atoms with Crippen LogP contribution < -0.4 is 5.43 Å². The van der Waals surface area contributed by atoms with Gasteiger partial charge in [0.25, 0.3) is 11.6 Å². The minimum absolute atomic E-state index is 0.140. The first-order valence-electron chi connectivity index (χ1n) is 8.14. The van der Waals surface area contributed by atoms with E-state index < -0.39 is 10.8 Å². The summed E-state index contributed by atoms with van der Waals surface area (Å²) in [5, 5.41) is 15.4. The highest BCUT2D eigenvalue weighted by Crippen LogP contribution is 2.30. The molecule has 4 aromatic rings. The van der Waals surface area contributed by atoms with Crippen molar-refractivity contribution in [2.24, 2.45) is 5.10 Å². The van der Waals surface area contributed by atoms with Crippen LogP contribution in [0.1, 0.15) is 16.1 Å². The Balaban J connectivity index is 1.45. The smallest absolute Gasteiger partial charge is 0.271 e. The second-order valence-corrected chi connectivity index (χ2v) is 6.73. The molecule has 138 valence electrons. The predicted molar refractivity (Wildman–Crippen MR) is 105 cm³/mol. The van der Waals surface area contributed by atoms with E-state index in [2.05, 4.69) is 15.5 Å². The van der Waals surface area contributed by atoms with Crippen LogP contribution in [0.25, 0.3) is 21.0 Å². The lowest BCUT2D eigenvalue weighted by atomic mass is 10.2. The molecule has 4 rings (SSSR count). The molecule has 0 bridgehead atoms. The third-order valence-electron chi connectivity index (χ3n) is 3.81. The molecule has 2 aromatic carbocycles. The number of fused-ring (bicyclic) bond motifs is 1. The van der Waals surface area contributed by atoms with Crippen molar-refractivity contribution in [1.29, 1.82) is 0 Å². The lowest BCUT2D eigenvalue weighted by Crippen LogP contribution is -2.17. The SMILES string of the molecule is O=C(N/N=C\c1ccc(-c2nc3ccccc3s2)o1)c1cccc([N+](=O)[O-])c1. The van der Waals surface area contributed by atoms with Gasteiger partial charge in [-0.2, -0.15) is 5.10 Å². The number of nitro groups is 1. The number of benzene rings is 2. The molecule has 0 saturated carbocycles. The Bertz CT molecular complexity index is 1180. The Hall–Kier alpha value is -3.85. The fourth-order valence-corrected chi connectivity index (χ4v) is 3.42. The summed E-state index contributed by atoms with van der Waals surface area (Å²) in [5.41, 5.74) is 3.20. The van der Waals surface area contributed by atoms with Gasteiger partial charge in [0.15, 0.2) is 10.8 Å². The van der Waals surface area contributed by atoms with Gasteiger partial charge < -0.3 is 4.42 Å². The van der Waals surface area contributed by atoms with Crippen molar-refractivity contribution in [2.45, 2.75) is 0 Å². The average Bonchev–Trinajstić information content (AvgIpc) is 3.34. The minimum Gasteiger partial charge on any atom is -0.453 e. The molecule has 2 aromatic heterocycles. The second kappa shape index (κ2) is 7.41. The van der Waals surface area contributed by atoms with Crippen LogP contribution in [-0.4, -0.2) is 22.0 Å². The van der Waals surface area contributed by atoms with E-state index >= 15 is 0 Å². The molecule has 0 aliphatic heterocycles. The number of carbonyl (C=O) groups excluding carboxylic acids is 1. The number of furan rings is 1. The van der Waals surface area contributed by atoms with Gasteiger partial charge in [-0.3, -0.25) is 14.9 Å². The van der Waals surface area contributed by atoms with E-state index in [1.54, 1.807) is 12.1 Å². The summed E-state index contributed by atoms with van der Waals surface area (Å²) in [4.78, 5) is 26.8. The van der Waals surface area contributed by atoms with E-state index in [1.165, 1.54) is 41.8 Å². The Labute approximate surface area is 162 Å². The summed E-state index contributed by atoms with van der Waals surface area (Å²) in [5.74, 6) is 0.485.